The van der Waals surface area contributed by atoms with Gasteiger partial charge in [-0.05, 0) is 36.7 Å². The summed E-state index contributed by atoms with van der Waals surface area (Å²) < 4.78 is 5.97. The van der Waals surface area contributed by atoms with Crippen molar-refractivity contribution in [1.29, 1.82) is 0 Å². The van der Waals surface area contributed by atoms with Crippen LogP contribution in [0, 0.1) is 13.8 Å². The molecule has 1 heterocycles. The number of amides is 1. The Labute approximate surface area is 96.8 Å². The van der Waals surface area contributed by atoms with E-state index < -0.39 is 6.10 Å². The Bertz CT molecular complexity index is 371. The van der Waals surface area contributed by atoms with Crippen LogP contribution in [0.1, 0.15) is 28.8 Å². The first-order valence-corrected chi connectivity index (χ1v) is 5.44. The molecule has 0 aliphatic rings. The molecule has 1 rings (SSSR count). The number of hydrogen-bond donors (Lipinski definition) is 2. The summed E-state index contributed by atoms with van der Waals surface area (Å²) in [5, 5.41) is 11.7. The molecule has 1 unspecified atom stereocenters. The van der Waals surface area contributed by atoms with E-state index in [1.165, 1.54) is 0 Å². The van der Waals surface area contributed by atoms with Gasteiger partial charge in [0.1, 0.15) is 11.5 Å². The average Bonchev–Trinajstić information content (AvgIpc) is 2.37. The number of furan rings is 1. The Hall–Kier alpha value is -0.810. The molecule has 15 heavy (non-hydrogen) atoms. The van der Waals surface area contributed by atoms with Crippen molar-refractivity contribution in [3.63, 3.8) is 0 Å². The third-order valence-corrected chi connectivity index (χ3v) is 2.93. The van der Waals surface area contributed by atoms with Crippen molar-refractivity contribution in [3.05, 3.63) is 21.6 Å². The van der Waals surface area contributed by atoms with Crippen molar-refractivity contribution in [2.24, 2.45) is 0 Å². The van der Waals surface area contributed by atoms with Crippen LogP contribution in [0.4, 0.5) is 0 Å². The van der Waals surface area contributed by atoms with Crippen LogP contribution in [-0.4, -0.2) is 23.7 Å². The molecular weight excluding hydrogens is 262 g/mol. The summed E-state index contributed by atoms with van der Waals surface area (Å²) in [6, 6.07) is 0. The SMILES string of the molecule is Cc1oc(C)c(C(=O)NCC(C)O)c1Br. The highest BCUT2D eigenvalue weighted by Gasteiger charge is 2.19. The quantitative estimate of drug-likeness (QED) is 0.884. The maximum absolute atomic E-state index is 11.7. The zero-order valence-corrected chi connectivity index (χ0v) is 10.5. The minimum Gasteiger partial charge on any atom is -0.465 e. The van der Waals surface area contributed by atoms with Gasteiger partial charge in [0.25, 0.3) is 5.91 Å². The van der Waals surface area contributed by atoms with Gasteiger partial charge in [-0.15, -0.1) is 0 Å². The lowest BCUT2D eigenvalue weighted by Gasteiger charge is -2.06. The highest BCUT2D eigenvalue weighted by Crippen LogP contribution is 2.26. The standard InChI is InChI=1S/C10H14BrNO3/c1-5(13)4-12-10(14)8-6(2)15-7(3)9(8)11/h5,13H,4H2,1-3H3,(H,12,14). The van der Waals surface area contributed by atoms with Crippen molar-refractivity contribution in [2.75, 3.05) is 6.54 Å². The molecule has 0 aliphatic carbocycles. The topological polar surface area (TPSA) is 62.5 Å². The molecule has 0 aliphatic heterocycles. The lowest BCUT2D eigenvalue weighted by molar-refractivity contribution is 0.0922. The van der Waals surface area contributed by atoms with Gasteiger partial charge in [0.2, 0.25) is 0 Å². The number of halogens is 1. The molecular formula is C10H14BrNO3. The first-order valence-electron chi connectivity index (χ1n) is 4.65. The summed E-state index contributed by atoms with van der Waals surface area (Å²) in [4.78, 5) is 11.7. The number of nitrogens with one attached hydrogen (secondary N) is 1. The second-order valence-electron chi connectivity index (χ2n) is 3.46. The Morgan fingerprint density at radius 3 is 2.53 bits per heavy atom. The molecule has 1 aromatic heterocycles. The second-order valence-corrected chi connectivity index (χ2v) is 4.26. The minimum absolute atomic E-state index is 0.231. The fourth-order valence-electron chi connectivity index (χ4n) is 1.24. The van der Waals surface area contributed by atoms with E-state index in [4.69, 9.17) is 9.52 Å². The Morgan fingerprint density at radius 1 is 1.53 bits per heavy atom. The van der Waals surface area contributed by atoms with Gasteiger partial charge in [0, 0.05) is 6.54 Å². The molecule has 0 aromatic carbocycles. The summed E-state index contributed by atoms with van der Waals surface area (Å²) >= 11 is 3.29. The maximum atomic E-state index is 11.7. The second kappa shape index (κ2) is 4.81. The van der Waals surface area contributed by atoms with Crippen LogP contribution >= 0.6 is 15.9 Å². The van der Waals surface area contributed by atoms with Gasteiger partial charge in [0.15, 0.2) is 0 Å². The van der Waals surface area contributed by atoms with Crippen molar-refractivity contribution in [2.45, 2.75) is 26.9 Å². The molecule has 84 valence electrons. The maximum Gasteiger partial charge on any atom is 0.256 e. The molecule has 0 saturated heterocycles. The Morgan fingerprint density at radius 2 is 2.13 bits per heavy atom. The molecule has 1 aromatic rings. The summed E-state index contributed by atoms with van der Waals surface area (Å²) in [6.07, 6.45) is -0.555. The van der Waals surface area contributed by atoms with Gasteiger partial charge in [-0.2, -0.15) is 0 Å². The van der Waals surface area contributed by atoms with Crippen molar-refractivity contribution in [3.8, 4) is 0 Å². The molecule has 0 bridgehead atoms. The van der Waals surface area contributed by atoms with E-state index in [2.05, 4.69) is 21.2 Å². The number of hydrogen-bond acceptors (Lipinski definition) is 3. The molecule has 0 fully saturated rings. The van der Waals surface area contributed by atoms with Crippen molar-refractivity contribution < 1.29 is 14.3 Å². The predicted octanol–water partition coefficient (Wildman–Crippen LogP) is 1.77. The summed E-state index contributed by atoms with van der Waals surface area (Å²) in [5.41, 5.74) is 0.494. The predicted molar refractivity (Wildman–Crippen MR) is 59.9 cm³/mol. The van der Waals surface area contributed by atoms with E-state index in [0.29, 0.717) is 21.6 Å². The molecule has 4 nitrogen and oxygen atoms in total. The van der Waals surface area contributed by atoms with E-state index in [-0.39, 0.29) is 12.5 Å². The summed E-state index contributed by atoms with van der Waals surface area (Å²) in [6.45, 7) is 5.36. The smallest absolute Gasteiger partial charge is 0.256 e. The zero-order chi connectivity index (χ0) is 11.6. The van der Waals surface area contributed by atoms with Crippen LogP contribution in [0.2, 0.25) is 0 Å². The van der Waals surface area contributed by atoms with Crippen molar-refractivity contribution in [1.82, 2.24) is 5.32 Å². The fraction of sp³-hybridized carbons (Fsp3) is 0.500. The first-order chi connectivity index (χ1) is 6.93. The third-order valence-electron chi connectivity index (χ3n) is 1.97. The normalized spacial score (nSPS) is 12.6. The van der Waals surface area contributed by atoms with Gasteiger partial charge in [-0.1, -0.05) is 0 Å². The van der Waals surface area contributed by atoms with Gasteiger partial charge >= 0.3 is 0 Å². The zero-order valence-electron chi connectivity index (χ0n) is 8.93. The fourth-order valence-corrected chi connectivity index (χ4v) is 1.78. The molecule has 1 atom stereocenters. The van der Waals surface area contributed by atoms with Crippen LogP contribution in [0.5, 0.6) is 0 Å². The van der Waals surface area contributed by atoms with E-state index in [1.807, 2.05) is 0 Å². The highest BCUT2D eigenvalue weighted by atomic mass is 79.9. The number of carbonyl (C=O) groups is 1. The first kappa shape index (κ1) is 12.3. The third kappa shape index (κ3) is 2.82. The minimum atomic E-state index is -0.555. The lowest BCUT2D eigenvalue weighted by atomic mass is 10.2. The van der Waals surface area contributed by atoms with E-state index in [1.54, 1.807) is 20.8 Å². The van der Waals surface area contributed by atoms with Crippen LogP contribution in [0.3, 0.4) is 0 Å². The number of aryl methyl sites for hydroxylation is 2. The number of rotatable bonds is 3. The van der Waals surface area contributed by atoms with Crippen LogP contribution in [0.25, 0.3) is 0 Å². The Kier molecular flexibility index (Phi) is 3.93. The number of aliphatic hydroxyl groups is 1. The molecule has 5 heteroatoms. The molecule has 0 spiro atoms. The molecule has 0 radical (unpaired) electrons. The molecule has 1 amide bonds. The van der Waals surface area contributed by atoms with Gasteiger partial charge in [-0.3, -0.25) is 4.79 Å². The highest BCUT2D eigenvalue weighted by molar-refractivity contribution is 9.10. The van der Waals surface area contributed by atoms with Gasteiger partial charge in [0.05, 0.1) is 16.1 Å². The number of carbonyl (C=O) groups excluding carboxylic acids is 1. The van der Waals surface area contributed by atoms with Crippen LogP contribution < -0.4 is 5.32 Å². The monoisotopic (exact) mass is 275 g/mol. The van der Waals surface area contributed by atoms with E-state index in [9.17, 15) is 4.79 Å². The lowest BCUT2D eigenvalue weighted by Crippen LogP contribution is -2.30. The summed E-state index contributed by atoms with van der Waals surface area (Å²) in [7, 11) is 0. The molecule has 0 saturated carbocycles. The van der Waals surface area contributed by atoms with Gasteiger partial charge in [-0.25, -0.2) is 0 Å². The van der Waals surface area contributed by atoms with Crippen LogP contribution in [-0.2, 0) is 0 Å². The molecule has 2 N–H and O–H groups in total. The Balaban J connectivity index is 2.82. The number of aliphatic hydroxyl groups excluding tert-OH is 1. The summed E-state index contributed by atoms with van der Waals surface area (Å²) in [5.74, 6) is 1.01. The van der Waals surface area contributed by atoms with E-state index >= 15 is 0 Å². The average molecular weight is 276 g/mol. The largest absolute Gasteiger partial charge is 0.465 e. The van der Waals surface area contributed by atoms with Gasteiger partial charge < -0.3 is 14.8 Å². The van der Waals surface area contributed by atoms with Crippen LogP contribution in [0.15, 0.2) is 8.89 Å². The van der Waals surface area contributed by atoms with Crippen molar-refractivity contribution >= 4 is 21.8 Å². The van der Waals surface area contributed by atoms with E-state index in [0.717, 1.165) is 0 Å².